The summed E-state index contributed by atoms with van der Waals surface area (Å²) < 4.78 is 20.1. The first-order chi connectivity index (χ1) is 11.7. The number of benzene rings is 1. The van der Waals surface area contributed by atoms with Crippen molar-refractivity contribution in [1.82, 2.24) is 0 Å². The quantitative estimate of drug-likeness (QED) is 0.550. The summed E-state index contributed by atoms with van der Waals surface area (Å²) in [5.41, 5.74) is 4.51. The fourth-order valence-corrected chi connectivity index (χ4v) is 2.54. The van der Waals surface area contributed by atoms with E-state index in [4.69, 9.17) is 9.84 Å². The fraction of sp³-hybridized carbons (Fsp3) is 0.286. The van der Waals surface area contributed by atoms with Crippen molar-refractivity contribution < 1.29 is 19.0 Å². The Labute approximate surface area is 148 Å². The maximum Gasteiger partial charge on any atom is 0.328 e. The number of aliphatic carboxylic acids is 1. The second kappa shape index (κ2) is 9.02. The molecule has 134 valence electrons. The van der Waals surface area contributed by atoms with Gasteiger partial charge >= 0.3 is 5.97 Å². The topological polar surface area (TPSA) is 46.5 Å². The summed E-state index contributed by atoms with van der Waals surface area (Å²) >= 11 is 0. The van der Waals surface area contributed by atoms with Gasteiger partial charge in [-0.3, -0.25) is 0 Å². The van der Waals surface area contributed by atoms with Gasteiger partial charge in [-0.25, -0.2) is 9.18 Å². The summed E-state index contributed by atoms with van der Waals surface area (Å²) in [4.78, 5) is 10.6. The zero-order valence-electron chi connectivity index (χ0n) is 15.6. The molecule has 1 N–H and O–H groups in total. The Morgan fingerprint density at radius 1 is 1.12 bits per heavy atom. The van der Waals surface area contributed by atoms with Crippen LogP contribution in [0.5, 0.6) is 5.75 Å². The van der Waals surface area contributed by atoms with Crippen LogP contribution in [-0.4, -0.2) is 18.2 Å². The summed E-state index contributed by atoms with van der Waals surface area (Å²) in [6.07, 6.45) is 7.69. The van der Waals surface area contributed by atoms with Gasteiger partial charge in [-0.15, -0.1) is 0 Å². The maximum absolute atomic E-state index is 14.7. The molecule has 25 heavy (non-hydrogen) atoms. The molecule has 0 heterocycles. The first-order valence-electron chi connectivity index (χ1n) is 7.96. The van der Waals surface area contributed by atoms with E-state index in [2.05, 4.69) is 0 Å². The molecular formula is C21H25FO3. The van der Waals surface area contributed by atoms with Gasteiger partial charge in [0.25, 0.3) is 0 Å². The Bertz CT molecular complexity index is 781. The van der Waals surface area contributed by atoms with E-state index in [1.54, 1.807) is 39.2 Å². The summed E-state index contributed by atoms with van der Waals surface area (Å²) in [5, 5.41) is 8.66. The minimum absolute atomic E-state index is 0.305. The highest BCUT2D eigenvalue weighted by atomic mass is 19.1. The van der Waals surface area contributed by atoms with Crippen molar-refractivity contribution in [2.24, 2.45) is 0 Å². The number of halogens is 1. The van der Waals surface area contributed by atoms with E-state index in [1.807, 2.05) is 26.8 Å². The van der Waals surface area contributed by atoms with Crippen LogP contribution in [0.25, 0.3) is 5.83 Å². The number of methoxy groups -OCH3 is 1. The molecule has 1 rings (SSSR count). The van der Waals surface area contributed by atoms with Crippen LogP contribution in [0.1, 0.15) is 36.1 Å². The van der Waals surface area contributed by atoms with Gasteiger partial charge in [0, 0.05) is 11.6 Å². The molecule has 0 radical (unpaired) electrons. The Morgan fingerprint density at radius 2 is 1.76 bits per heavy atom. The lowest BCUT2D eigenvalue weighted by atomic mass is 9.95. The first-order valence-corrected chi connectivity index (χ1v) is 7.96. The summed E-state index contributed by atoms with van der Waals surface area (Å²) in [6, 6.07) is 1.84. The Balaban J connectivity index is 3.13. The minimum Gasteiger partial charge on any atom is -0.496 e. The minimum atomic E-state index is -0.991. The van der Waals surface area contributed by atoms with E-state index in [1.165, 1.54) is 6.08 Å². The largest absolute Gasteiger partial charge is 0.496 e. The molecule has 0 saturated heterocycles. The van der Waals surface area contributed by atoms with Crippen molar-refractivity contribution in [2.45, 2.75) is 34.6 Å². The molecule has 4 heteroatoms. The molecule has 0 bridgehead atoms. The number of carboxylic acids is 1. The standard InChI is InChI=1S/C21H25FO3/c1-13(8-7-9-14(2)11-20(23)24)10-18(22)21-15(3)12-19(25-6)16(4)17(21)5/h7-12H,1-6H3,(H,23,24)/b9-7+,13-8+,14-11+,18-10-. The lowest BCUT2D eigenvalue weighted by Crippen LogP contribution is -1.98. The van der Waals surface area contributed by atoms with Crippen molar-refractivity contribution in [3.05, 3.63) is 69.8 Å². The van der Waals surface area contributed by atoms with Crippen LogP contribution < -0.4 is 4.74 Å². The maximum atomic E-state index is 14.7. The van der Waals surface area contributed by atoms with Crippen LogP contribution >= 0.6 is 0 Å². The molecule has 0 fully saturated rings. The van der Waals surface area contributed by atoms with Crippen LogP contribution in [0.15, 0.2) is 47.6 Å². The van der Waals surface area contributed by atoms with Crippen LogP contribution in [-0.2, 0) is 4.79 Å². The molecule has 1 aromatic rings. The number of hydrogen-bond donors (Lipinski definition) is 1. The number of rotatable bonds is 6. The molecule has 0 aliphatic carbocycles. The number of ether oxygens (including phenoxy) is 1. The lowest BCUT2D eigenvalue weighted by molar-refractivity contribution is -0.131. The zero-order valence-corrected chi connectivity index (χ0v) is 15.6. The highest BCUT2D eigenvalue weighted by Gasteiger charge is 2.14. The molecule has 0 aromatic heterocycles. The Hall–Kier alpha value is -2.62. The number of carboxylic acid groups (broad SMARTS) is 1. The molecule has 0 unspecified atom stereocenters. The highest BCUT2D eigenvalue weighted by molar-refractivity contribution is 5.81. The van der Waals surface area contributed by atoms with Crippen LogP contribution in [0, 0.1) is 20.8 Å². The van der Waals surface area contributed by atoms with Crippen LogP contribution in [0.2, 0.25) is 0 Å². The summed E-state index contributed by atoms with van der Waals surface area (Å²) in [5.74, 6) is -0.544. The zero-order chi connectivity index (χ0) is 19.1. The van der Waals surface area contributed by atoms with Crippen molar-refractivity contribution >= 4 is 11.8 Å². The molecule has 0 aliphatic rings. The number of hydrogen-bond acceptors (Lipinski definition) is 2. The van der Waals surface area contributed by atoms with Crippen LogP contribution in [0.4, 0.5) is 4.39 Å². The van der Waals surface area contributed by atoms with Crippen molar-refractivity contribution in [3.63, 3.8) is 0 Å². The molecule has 0 aliphatic heterocycles. The monoisotopic (exact) mass is 344 g/mol. The van der Waals surface area contributed by atoms with E-state index in [-0.39, 0.29) is 5.83 Å². The Morgan fingerprint density at radius 3 is 2.32 bits per heavy atom. The first kappa shape index (κ1) is 20.4. The van der Waals surface area contributed by atoms with Gasteiger partial charge in [-0.05, 0) is 74.6 Å². The van der Waals surface area contributed by atoms with Crippen molar-refractivity contribution in [3.8, 4) is 5.75 Å². The Kier molecular flexibility index (Phi) is 7.37. The molecule has 1 aromatic carbocycles. The van der Waals surface area contributed by atoms with E-state index in [0.717, 1.165) is 34.1 Å². The molecule has 0 spiro atoms. The van der Waals surface area contributed by atoms with E-state index in [0.29, 0.717) is 11.1 Å². The molecular weight excluding hydrogens is 319 g/mol. The second-order valence-corrected chi connectivity index (χ2v) is 6.01. The van der Waals surface area contributed by atoms with Gasteiger partial charge in [0.1, 0.15) is 11.6 Å². The van der Waals surface area contributed by atoms with E-state index in [9.17, 15) is 9.18 Å². The number of aryl methyl sites for hydroxylation is 1. The summed E-state index contributed by atoms with van der Waals surface area (Å²) in [7, 11) is 1.60. The van der Waals surface area contributed by atoms with E-state index >= 15 is 0 Å². The average molecular weight is 344 g/mol. The molecule has 0 atom stereocenters. The van der Waals surface area contributed by atoms with Gasteiger partial charge in [0.05, 0.1) is 7.11 Å². The van der Waals surface area contributed by atoms with Gasteiger partial charge in [0.2, 0.25) is 0 Å². The second-order valence-electron chi connectivity index (χ2n) is 6.01. The molecule has 3 nitrogen and oxygen atoms in total. The molecule has 0 saturated carbocycles. The van der Waals surface area contributed by atoms with Crippen molar-refractivity contribution in [2.75, 3.05) is 7.11 Å². The predicted octanol–water partition coefficient (Wildman–Crippen LogP) is 5.46. The molecule has 0 amide bonds. The van der Waals surface area contributed by atoms with Gasteiger partial charge in [0.15, 0.2) is 0 Å². The SMILES string of the molecule is COc1cc(C)c(/C(F)=C/C(C)=C/C=C/C(C)=C/C(=O)O)c(C)c1C. The normalized spacial score (nSPS) is 13.5. The third-order valence-electron chi connectivity index (χ3n) is 3.93. The fourth-order valence-electron chi connectivity index (χ4n) is 2.54. The van der Waals surface area contributed by atoms with Gasteiger partial charge in [-0.1, -0.05) is 18.2 Å². The summed E-state index contributed by atoms with van der Waals surface area (Å²) in [6.45, 7) is 9.13. The highest BCUT2D eigenvalue weighted by Crippen LogP contribution is 2.32. The smallest absolute Gasteiger partial charge is 0.328 e. The third-order valence-corrected chi connectivity index (χ3v) is 3.93. The third kappa shape index (κ3) is 5.75. The van der Waals surface area contributed by atoms with Gasteiger partial charge in [-0.2, -0.15) is 0 Å². The van der Waals surface area contributed by atoms with E-state index < -0.39 is 5.97 Å². The average Bonchev–Trinajstić information content (AvgIpc) is 2.50. The number of carbonyl (C=O) groups is 1. The lowest BCUT2D eigenvalue weighted by Gasteiger charge is -2.15. The predicted molar refractivity (Wildman–Crippen MR) is 101 cm³/mol. The van der Waals surface area contributed by atoms with Gasteiger partial charge < -0.3 is 9.84 Å². The van der Waals surface area contributed by atoms with Crippen molar-refractivity contribution in [1.29, 1.82) is 0 Å². The number of allylic oxidation sites excluding steroid dienone is 6. The van der Waals surface area contributed by atoms with Crippen LogP contribution in [0.3, 0.4) is 0 Å².